The van der Waals surface area contributed by atoms with Crippen LogP contribution in [-0.4, -0.2) is 61.7 Å². The second-order valence-corrected chi connectivity index (χ2v) is 6.27. The first-order valence-corrected chi connectivity index (χ1v) is 9.06. The van der Waals surface area contributed by atoms with Crippen LogP contribution in [0.5, 0.6) is 0 Å². The van der Waals surface area contributed by atoms with Crippen molar-refractivity contribution in [2.24, 2.45) is 0 Å². The van der Waals surface area contributed by atoms with Crippen LogP contribution in [0.25, 0.3) is 0 Å². The fourth-order valence-corrected chi connectivity index (χ4v) is 3.04. The van der Waals surface area contributed by atoms with Gasteiger partial charge in [0.25, 0.3) is 5.91 Å². The molecule has 3 rings (SSSR count). The van der Waals surface area contributed by atoms with Crippen molar-refractivity contribution in [3.05, 3.63) is 54.4 Å². The quantitative estimate of drug-likeness (QED) is 0.830. The van der Waals surface area contributed by atoms with Crippen molar-refractivity contribution in [3.8, 4) is 0 Å². The number of piperazine rings is 1. The average Bonchev–Trinajstić information content (AvgIpc) is 2.73. The third-order valence-electron chi connectivity index (χ3n) is 4.58. The van der Waals surface area contributed by atoms with Crippen LogP contribution in [0.1, 0.15) is 17.4 Å². The fourth-order valence-electron chi connectivity index (χ4n) is 3.04. The van der Waals surface area contributed by atoms with Crippen LogP contribution >= 0.6 is 0 Å². The third-order valence-corrected chi connectivity index (χ3v) is 4.58. The predicted octanol–water partition coefficient (Wildman–Crippen LogP) is 2.64. The Kier molecular flexibility index (Phi) is 5.90. The molecule has 0 radical (unpaired) electrons. The van der Waals surface area contributed by atoms with E-state index in [0.717, 1.165) is 11.4 Å². The smallest absolute Gasteiger partial charge is 0.409 e. The van der Waals surface area contributed by atoms with Gasteiger partial charge in [-0.05, 0) is 31.2 Å². The van der Waals surface area contributed by atoms with Crippen molar-refractivity contribution in [3.63, 3.8) is 0 Å². The molecule has 1 aliphatic rings. The average molecular weight is 368 g/mol. The second-order valence-electron chi connectivity index (χ2n) is 6.27. The molecule has 7 heteroatoms. The molecule has 2 amide bonds. The summed E-state index contributed by atoms with van der Waals surface area (Å²) in [5.41, 5.74) is 2.14. The summed E-state index contributed by atoms with van der Waals surface area (Å²) in [5.74, 6) is -0.159. The number of benzene rings is 1. The molecular weight excluding hydrogens is 344 g/mol. The molecule has 1 saturated heterocycles. The zero-order valence-corrected chi connectivity index (χ0v) is 15.7. The standard InChI is InChI=1S/C20H24N4O3/c1-3-27-20(26)24-13-11-23(12-14-24)17-9-10-21-18(15-17)19(25)22(2)16-7-5-4-6-8-16/h4-10,15H,3,11-14H2,1-2H3. The van der Waals surface area contributed by atoms with Crippen molar-refractivity contribution in [2.45, 2.75) is 6.92 Å². The van der Waals surface area contributed by atoms with Crippen molar-refractivity contribution < 1.29 is 14.3 Å². The lowest BCUT2D eigenvalue weighted by molar-refractivity contribution is 0.0988. The number of carbonyl (C=O) groups excluding carboxylic acids is 2. The van der Waals surface area contributed by atoms with Gasteiger partial charge in [0.05, 0.1) is 6.61 Å². The highest BCUT2D eigenvalue weighted by Crippen LogP contribution is 2.20. The van der Waals surface area contributed by atoms with Gasteiger partial charge in [-0.25, -0.2) is 4.79 Å². The molecule has 1 aromatic heterocycles. The van der Waals surface area contributed by atoms with E-state index in [1.165, 1.54) is 0 Å². The molecule has 0 atom stereocenters. The van der Waals surface area contributed by atoms with E-state index in [9.17, 15) is 9.59 Å². The summed E-state index contributed by atoms with van der Waals surface area (Å²) in [6.07, 6.45) is 1.38. The zero-order chi connectivity index (χ0) is 19.2. The maximum absolute atomic E-state index is 12.8. The number of rotatable bonds is 4. The van der Waals surface area contributed by atoms with Crippen molar-refractivity contribution in [1.29, 1.82) is 0 Å². The highest BCUT2D eigenvalue weighted by atomic mass is 16.6. The van der Waals surface area contributed by atoms with Gasteiger partial charge in [0.15, 0.2) is 0 Å². The summed E-state index contributed by atoms with van der Waals surface area (Å²) in [5, 5.41) is 0. The van der Waals surface area contributed by atoms with Crippen LogP contribution < -0.4 is 9.80 Å². The van der Waals surface area contributed by atoms with E-state index >= 15 is 0 Å². The number of aromatic nitrogens is 1. The van der Waals surface area contributed by atoms with Crippen LogP contribution in [0.4, 0.5) is 16.2 Å². The Morgan fingerprint density at radius 1 is 1.11 bits per heavy atom. The van der Waals surface area contributed by atoms with E-state index in [0.29, 0.717) is 38.5 Å². The molecule has 1 aromatic carbocycles. The van der Waals surface area contributed by atoms with Gasteiger partial charge in [-0.1, -0.05) is 18.2 Å². The van der Waals surface area contributed by atoms with Crippen LogP contribution in [0.2, 0.25) is 0 Å². The molecular formula is C20H24N4O3. The van der Waals surface area contributed by atoms with E-state index in [1.54, 1.807) is 30.0 Å². The fraction of sp³-hybridized carbons (Fsp3) is 0.350. The van der Waals surface area contributed by atoms with Crippen molar-refractivity contribution in [1.82, 2.24) is 9.88 Å². The molecule has 2 heterocycles. The molecule has 0 unspecified atom stereocenters. The Balaban J connectivity index is 1.67. The van der Waals surface area contributed by atoms with Gasteiger partial charge in [0, 0.05) is 50.8 Å². The highest BCUT2D eigenvalue weighted by Gasteiger charge is 2.23. The number of hydrogen-bond acceptors (Lipinski definition) is 5. The van der Waals surface area contributed by atoms with E-state index < -0.39 is 0 Å². The minimum atomic E-state index is -0.271. The van der Waals surface area contributed by atoms with Gasteiger partial charge in [-0.3, -0.25) is 9.78 Å². The first-order valence-electron chi connectivity index (χ1n) is 9.06. The van der Waals surface area contributed by atoms with Gasteiger partial charge in [-0.2, -0.15) is 0 Å². The summed E-state index contributed by atoms with van der Waals surface area (Å²) in [6, 6.07) is 13.2. The number of carbonyl (C=O) groups is 2. The Bertz CT molecular complexity index is 789. The summed E-state index contributed by atoms with van der Waals surface area (Å²) < 4.78 is 5.05. The van der Waals surface area contributed by atoms with E-state index in [1.807, 2.05) is 42.5 Å². The molecule has 7 nitrogen and oxygen atoms in total. The van der Waals surface area contributed by atoms with Gasteiger partial charge < -0.3 is 19.4 Å². The molecule has 27 heavy (non-hydrogen) atoms. The summed E-state index contributed by atoms with van der Waals surface area (Å²) in [4.78, 5) is 34.3. The monoisotopic (exact) mass is 368 g/mol. The zero-order valence-electron chi connectivity index (χ0n) is 15.7. The lowest BCUT2D eigenvalue weighted by Gasteiger charge is -2.35. The summed E-state index contributed by atoms with van der Waals surface area (Å²) in [6.45, 7) is 4.73. The summed E-state index contributed by atoms with van der Waals surface area (Å²) in [7, 11) is 1.74. The third kappa shape index (κ3) is 4.36. The van der Waals surface area contributed by atoms with Gasteiger partial charge in [0.1, 0.15) is 5.69 Å². The van der Waals surface area contributed by atoms with Crippen LogP contribution in [0.15, 0.2) is 48.7 Å². The van der Waals surface area contributed by atoms with E-state index in [4.69, 9.17) is 4.74 Å². The normalized spacial score (nSPS) is 14.0. The molecule has 0 bridgehead atoms. The molecule has 0 N–H and O–H groups in total. The van der Waals surface area contributed by atoms with Gasteiger partial charge in [-0.15, -0.1) is 0 Å². The van der Waals surface area contributed by atoms with E-state index in [2.05, 4.69) is 9.88 Å². The number of hydrogen-bond donors (Lipinski definition) is 0. The SMILES string of the molecule is CCOC(=O)N1CCN(c2ccnc(C(=O)N(C)c3ccccc3)c2)CC1. The molecule has 0 spiro atoms. The van der Waals surface area contributed by atoms with Crippen molar-refractivity contribution >= 4 is 23.4 Å². The van der Waals surface area contributed by atoms with Gasteiger partial charge >= 0.3 is 6.09 Å². The van der Waals surface area contributed by atoms with Crippen LogP contribution in [0.3, 0.4) is 0 Å². The second kappa shape index (κ2) is 8.53. The number of pyridine rings is 1. The number of nitrogens with zero attached hydrogens (tertiary/aromatic N) is 4. The lowest BCUT2D eigenvalue weighted by Crippen LogP contribution is -2.49. The Labute approximate surface area is 159 Å². The Morgan fingerprint density at radius 3 is 2.48 bits per heavy atom. The molecule has 2 aromatic rings. The molecule has 1 fully saturated rings. The Morgan fingerprint density at radius 2 is 1.81 bits per heavy atom. The number of anilines is 2. The molecule has 1 aliphatic heterocycles. The lowest BCUT2D eigenvalue weighted by atomic mass is 10.2. The molecule has 0 saturated carbocycles. The molecule has 0 aliphatic carbocycles. The highest BCUT2D eigenvalue weighted by molar-refractivity contribution is 6.04. The van der Waals surface area contributed by atoms with Crippen molar-refractivity contribution in [2.75, 3.05) is 49.6 Å². The molecule has 142 valence electrons. The topological polar surface area (TPSA) is 66.0 Å². The first-order chi connectivity index (χ1) is 13.1. The minimum absolute atomic E-state index is 0.159. The van der Waals surface area contributed by atoms with Crippen LogP contribution in [0, 0.1) is 0 Å². The largest absolute Gasteiger partial charge is 0.450 e. The Hall–Kier alpha value is -3.09. The minimum Gasteiger partial charge on any atom is -0.450 e. The van der Waals surface area contributed by atoms with E-state index in [-0.39, 0.29) is 12.0 Å². The maximum Gasteiger partial charge on any atom is 0.409 e. The maximum atomic E-state index is 12.8. The first kappa shape index (κ1) is 18.7. The number of ether oxygens (including phenoxy) is 1. The van der Waals surface area contributed by atoms with Crippen LogP contribution in [-0.2, 0) is 4.74 Å². The summed E-state index contributed by atoms with van der Waals surface area (Å²) >= 11 is 0. The number of amides is 2. The van der Waals surface area contributed by atoms with Gasteiger partial charge in [0.2, 0.25) is 0 Å². The predicted molar refractivity (Wildman–Crippen MR) is 104 cm³/mol. The number of para-hydroxylation sites is 1.